The molecule has 1 atom stereocenters. The Bertz CT molecular complexity index is 760. The molecular formula is C21H26HfSi. The van der Waals surface area contributed by atoms with Gasteiger partial charge in [-0.1, -0.05) is 0 Å². The van der Waals surface area contributed by atoms with Crippen molar-refractivity contribution in [2.24, 2.45) is 5.92 Å². The fraction of sp³-hybridized carbons (Fsp3) is 0.333. The van der Waals surface area contributed by atoms with Gasteiger partial charge in [0.2, 0.25) is 0 Å². The molecule has 0 nitrogen and oxygen atoms in total. The molecule has 0 saturated heterocycles. The Kier molecular flexibility index (Phi) is 5.53. The van der Waals surface area contributed by atoms with Crippen LogP contribution in [0.1, 0.15) is 39.7 Å². The predicted octanol–water partition coefficient (Wildman–Crippen LogP) is 5.26. The van der Waals surface area contributed by atoms with E-state index in [1.165, 1.54) is 18.0 Å². The van der Waals surface area contributed by atoms with E-state index in [1.54, 1.807) is 16.7 Å². The third-order valence-corrected chi connectivity index (χ3v) is 26.8. The molecule has 0 saturated carbocycles. The molecule has 1 unspecified atom stereocenters. The quantitative estimate of drug-likeness (QED) is 0.511. The summed E-state index contributed by atoms with van der Waals surface area (Å²) in [6.07, 6.45) is 9.32. The number of rotatable bonds is 4. The molecule has 23 heavy (non-hydrogen) atoms. The van der Waals surface area contributed by atoms with E-state index in [4.69, 9.17) is 0 Å². The maximum absolute atomic E-state index is 2.55. The second-order valence-corrected chi connectivity index (χ2v) is 24.1. The Labute approximate surface area is 149 Å². The Morgan fingerprint density at radius 2 is 1.83 bits per heavy atom. The van der Waals surface area contributed by atoms with E-state index in [9.17, 15) is 0 Å². The molecule has 3 rings (SSSR count). The molecule has 0 aromatic heterocycles. The molecule has 0 fully saturated rings. The van der Waals surface area contributed by atoms with Gasteiger partial charge < -0.3 is 0 Å². The fourth-order valence-electron chi connectivity index (χ4n) is 3.71. The molecule has 0 amide bonds. The van der Waals surface area contributed by atoms with Crippen molar-refractivity contribution in [1.82, 2.24) is 0 Å². The number of benzene rings is 1. The van der Waals surface area contributed by atoms with Crippen LogP contribution in [0.2, 0.25) is 0 Å². The molecule has 0 N–H and O–H groups in total. The summed E-state index contributed by atoms with van der Waals surface area (Å²) >= 11 is -1.86. The zero-order chi connectivity index (χ0) is 16.4. The Morgan fingerprint density at radius 3 is 2.39 bits per heavy atom. The van der Waals surface area contributed by atoms with Crippen molar-refractivity contribution in [3.05, 3.63) is 77.5 Å². The van der Waals surface area contributed by atoms with Crippen LogP contribution in [0.25, 0.3) is 0 Å². The second-order valence-electron chi connectivity index (χ2n) is 6.94. The van der Waals surface area contributed by atoms with Crippen LogP contribution in [-0.4, -0.2) is 6.22 Å². The van der Waals surface area contributed by atoms with Crippen LogP contribution in [0.4, 0.5) is 0 Å². The molecule has 0 spiro atoms. The van der Waals surface area contributed by atoms with Crippen LogP contribution < -0.4 is 0 Å². The first-order valence-corrected chi connectivity index (χ1v) is 19.8. The predicted molar refractivity (Wildman–Crippen MR) is 99.4 cm³/mol. The van der Waals surface area contributed by atoms with E-state index in [0.717, 1.165) is 0 Å². The average Bonchev–Trinajstić information content (AvgIpc) is 3.02. The van der Waals surface area contributed by atoms with Gasteiger partial charge in [0.25, 0.3) is 0 Å². The summed E-state index contributed by atoms with van der Waals surface area (Å²) in [6, 6.07) is 12.5. The Balaban J connectivity index is 1.95. The van der Waals surface area contributed by atoms with E-state index in [-0.39, 0.29) is 0 Å². The zero-order valence-corrected chi connectivity index (χ0v) is 19.4. The summed E-state index contributed by atoms with van der Waals surface area (Å²) in [5.41, 5.74) is 6.23. The molecule has 0 heterocycles. The molecule has 2 heteroatoms. The topological polar surface area (TPSA) is 0 Å². The van der Waals surface area contributed by atoms with E-state index in [2.05, 4.69) is 76.3 Å². The van der Waals surface area contributed by atoms with Crippen LogP contribution in [0.15, 0.2) is 71.9 Å². The van der Waals surface area contributed by atoms with Gasteiger partial charge in [0.15, 0.2) is 0 Å². The first kappa shape index (κ1) is 17.1. The van der Waals surface area contributed by atoms with Gasteiger partial charge >= 0.3 is 150 Å². The van der Waals surface area contributed by atoms with Crippen molar-refractivity contribution in [2.45, 2.75) is 40.2 Å². The maximum atomic E-state index is 2.55. The van der Waals surface area contributed by atoms with Crippen LogP contribution in [-0.2, 0) is 26.1 Å². The fourth-order valence-corrected chi connectivity index (χ4v) is 28.5. The Morgan fingerprint density at radius 1 is 1.09 bits per heavy atom. The van der Waals surface area contributed by atoms with E-state index >= 15 is 0 Å². The van der Waals surface area contributed by atoms with Crippen LogP contribution in [0.3, 0.4) is 0 Å². The first-order chi connectivity index (χ1) is 11.0. The van der Waals surface area contributed by atoms with Gasteiger partial charge in [0.05, 0.1) is 0 Å². The summed E-state index contributed by atoms with van der Waals surface area (Å²) in [6.45, 7) is 9.36. The number of hydrogen-bond acceptors (Lipinski definition) is 0. The molecule has 0 radical (unpaired) electrons. The minimum atomic E-state index is -1.86. The summed E-state index contributed by atoms with van der Waals surface area (Å²) < 4.78 is 3.77. The molecule has 2 aliphatic rings. The zero-order valence-electron chi connectivity index (χ0n) is 14.7. The van der Waals surface area contributed by atoms with E-state index in [0.29, 0.717) is 12.1 Å². The third kappa shape index (κ3) is 4.03. The van der Waals surface area contributed by atoms with Crippen molar-refractivity contribution in [3.63, 3.8) is 0 Å². The van der Waals surface area contributed by atoms with Crippen molar-refractivity contribution < 1.29 is 20.1 Å². The summed E-state index contributed by atoms with van der Waals surface area (Å²) in [5, 5.41) is 0. The standard InChI is InChI=1S/C7H8Si.2C7H9.Hf/c8-6-7-4-2-1-3-5-7;2*1-6-3-4-7(2)5-6;/h1-5,8H,6H2;5H,3H2,1-2H3;3,5,7H,1-2H3;. The summed E-state index contributed by atoms with van der Waals surface area (Å²) in [5.74, 6) is 0.696. The average molecular weight is 485 g/mol. The monoisotopic (exact) mass is 486 g/mol. The van der Waals surface area contributed by atoms with Crippen molar-refractivity contribution in [2.75, 3.05) is 0 Å². The minimum absolute atomic E-state index is 0.560. The third-order valence-electron chi connectivity index (χ3n) is 4.80. The van der Waals surface area contributed by atoms with Crippen LogP contribution in [0, 0.1) is 5.92 Å². The van der Waals surface area contributed by atoms with Gasteiger partial charge in [-0.2, -0.15) is 0 Å². The van der Waals surface area contributed by atoms with Gasteiger partial charge in [0, 0.05) is 0 Å². The first-order valence-electron chi connectivity index (χ1n) is 8.56. The van der Waals surface area contributed by atoms with Crippen LogP contribution >= 0.6 is 0 Å². The summed E-state index contributed by atoms with van der Waals surface area (Å²) in [7, 11) is 0. The molecular weight excluding hydrogens is 459 g/mol. The van der Waals surface area contributed by atoms with Gasteiger partial charge in [-0.15, -0.1) is 0 Å². The van der Waals surface area contributed by atoms with Crippen LogP contribution in [0.5, 0.6) is 0 Å². The molecule has 0 bridgehead atoms. The summed E-state index contributed by atoms with van der Waals surface area (Å²) in [4.78, 5) is 0. The van der Waals surface area contributed by atoms with Crippen molar-refractivity contribution >= 4 is 6.22 Å². The van der Waals surface area contributed by atoms with Crippen molar-refractivity contribution in [3.8, 4) is 0 Å². The van der Waals surface area contributed by atoms with E-state index in [1.807, 2.05) is 6.66 Å². The SMILES string of the molecule is CC1=CC(C)[C]([Hf](=[SiH]Cc2ccccc2)[C]2=C(C)C=C(C)C2)=C1. The second kappa shape index (κ2) is 7.44. The van der Waals surface area contributed by atoms with Crippen molar-refractivity contribution in [1.29, 1.82) is 0 Å². The normalized spacial score (nSPS) is 21.5. The van der Waals surface area contributed by atoms with E-state index < -0.39 is 20.1 Å². The Hall–Kier alpha value is -0.733. The number of hydrogen-bond donors (Lipinski definition) is 0. The van der Waals surface area contributed by atoms with Gasteiger partial charge in [0.1, 0.15) is 0 Å². The molecule has 1 aromatic carbocycles. The molecule has 118 valence electrons. The molecule has 0 aliphatic heterocycles. The molecule has 1 aromatic rings. The number of allylic oxidation sites excluding steroid dienone is 8. The molecule has 2 aliphatic carbocycles. The van der Waals surface area contributed by atoms with Gasteiger partial charge in [-0.25, -0.2) is 0 Å². The van der Waals surface area contributed by atoms with Gasteiger partial charge in [-0.3, -0.25) is 0 Å². The van der Waals surface area contributed by atoms with Gasteiger partial charge in [-0.05, 0) is 0 Å².